The Morgan fingerprint density at radius 2 is 0.495 bits per heavy atom. The molecule has 0 aliphatic heterocycles. The van der Waals surface area contributed by atoms with Crippen LogP contribution >= 0.6 is 31.7 Å². The smallest absolute Gasteiger partial charge is 0.366 e. The molecule has 0 amide bonds. The molecule has 0 unspecified atom stereocenters. The van der Waals surface area contributed by atoms with E-state index in [0.717, 1.165) is 28.7 Å². The van der Waals surface area contributed by atoms with E-state index in [1.54, 1.807) is 0 Å². The maximum atomic E-state index is 7.28. The minimum absolute atomic E-state index is 0. The monoisotopic (exact) mass is 2050 g/mol. The Morgan fingerprint density at radius 3 is 0.732 bits per heavy atom. The Kier molecular flexibility index (Phi) is 31.6. The standard InChI is InChI=1S/C28H28P2.C25H22P2.C19H12.C17H8.4Au/c1-5-15-25(16-6-1)29(26-17-7-2-8-18-26)23-13-14-24-30(27-19-9-3-10-20-27)28-21-11-4-12-22-28;1-5-13-22(14-6-1)26(23-15-7-2-8-16-23)21-27(24-17-9-3-10-18-24)25-19-11-4-12-20-25;1-5-13-7-9-15-16-10-8-14(6-2)12-18(16)19(3,4)17(15)11-13;1-3-12-5-7-16-14(9-12)11-15-10-13(4-2)6-8-17(15)16;;;;/h1-12,15-22H,13-14,23-24H2;1-20H,21H2;7-12H,3-4H3;5-10H,11H2;;;;/q;;2*-2;4*+1/p+4. The molecular weight excluding hydrogens is 1980 g/mol. The van der Waals surface area contributed by atoms with E-state index < -0.39 is 31.7 Å². The predicted molar refractivity (Wildman–Crippen MR) is 409 cm³/mol. The van der Waals surface area contributed by atoms with Crippen molar-refractivity contribution in [3.63, 3.8) is 0 Å². The van der Waals surface area contributed by atoms with E-state index in [9.17, 15) is 0 Å². The molecular formula is C89H74Au4P4+4. The first-order chi connectivity index (χ1) is 45.7. The van der Waals surface area contributed by atoms with Crippen LogP contribution in [-0.4, -0.2) is 18.2 Å². The first kappa shape index (κ1) is 77.9. The summed E-state index contributed by atoms with van der Waals surface area (Å²) in [5, 5.41) is 12.1. The van der Waals surface area contributed by atoms with Crippen LogP contribution in [0.2, 0.25) is 0 Å². The van der Waals surface area contributed by atoms with Gasteiger partial charge in [0.15, 0.2) is 5.90 Å². The van der Waals surface area contributed by atoms with Gasteiger partial charge in [0, 0.05) is 5.41 Å². The van der Waals surface area contributed by atoms with E-state index >= 15 is 0 Å². The molecule has 12 aromatic rings. The molecule has 14 rings (SSSR count). The van der Waals surface area contributed by atoms with Gasteiger partial charge in [0.2, 0.25) is 0 Å². The summed E-state index contributed by atoms with van der Waals surface area (Å²) < 4.78 is 0. The van der Waals surface area contributed by atoms with Gasteiger partial charge in [-0.3, -0.25) is 23.7 Å². The van der Waals surface area contributed by atoms with Gasteiger partial charge < -0.3 is 25.7 Å². The summed E-state index contributed by atoms with van der Waals surface area (Å²) in [5.74, 6) is 11.0. The maximum absolute atomic E-state index is 7.28. The van der Waals surface area contributed by atoms with Gasteiger partial charge in [-0.2, -0.15) is 0 Å². The van der Waals surface area contributed by atoms with Crippen LogP contribution in [0, 0.1) is 49.4 Å². The molecule has 12 aromatic carbocycles. The molecule has 0 heterocycles. The Bertz CT molecular complexity index is 4130. The van der Waals surface area contributed by atoms with Crippen molar-refractivity contribution >= 4 is 74.1 Å². The van der Waals surface area contributed by atoms with Crippen molar-refractivity contribution in [2.75, 3.05) is 18.2 Å². The molecule has 0 fully saturated rings. The first-order valence-corrected chi connectivity index (χ1v) is 38.7. The Labute approximate surface area is 645 Å². The van der Waals surface area contributed by atoms with Crippen LogP contribution < -0.4 is 42.4 Å². The van der Waals surface area contributed by atoms with Crippen LogP contribution in [0.4, 0.5) is 0 Å². The second-order valence-corrected chi connectivity index (χ2v) is 34.7. The van der Waals surface area contributed by atoms with Crippen molar-refractivity contribution in [3.05, 3.63) is 386 Å². The third kappa shape index (κ3) is 20.2. The number of hydrogen-bond acceptors (Lipinski definition) is 0. The number of hydrogen-bond donors (Lipinski definition) is 0. The number of rotatable bonds is 15. The third-order valence-electron chi connectivity index (χ3n) is 17.6. The fourth-order valence-electron chi connectivity index (χ4n) is 12.8. The van der Waals surface area contributed by atoms with Crippen LogP contribution in [0.15, 0.2) is 315 Å². The van der Waals surface area contributed by atoms with Crippen molar-refractivity contribution in [3.8, 4) is 45.9 Å². The summed E-state index contributed by atoms with van der Waals surface area (Å²) in [6, 6.07) is 113. The van der Waals surface area contributed by atoms with E-state index in [2.05, 4.69) is 292 Å². The molecule has 490 valence electrons. The molecule has 0 spiro atoms. The zero-order valence-corrected chi connectivity index (χ0v) is 66.6. The number of unbranched alkanes of at least 4 members (excludes halogenated alkanes) is 1. The molecule has 0 aromatic heterocycles. The largest absolute Gasteiger partial charge is 1.00 e. The molecule has 2 aliphatic rings. The molecule has 0 atom stereocenters. The van der Waals surface area contributed by atoms with Gasteiger partial charge in [-0.05, 0) is 150 Å². The average molecular weight is 2060 g/mol. The molecule has 0 bridgehead atoms. The maximum Gasteiger partial charge on any atom is 1.00 e. The molecule has 0 saturated carbocycles. The van der Waals surface area contributed by atoms with Crippen LogP contribution in [0.5, 0.6) is 0 Å². The summed E-state index contributed by atoms with van der Waals surface area (Å²) in [6.07, 6.45) is 34.9. The zero-order chi connectivity index (χ0) is 64.2. The second kappa shape index (κ2) is 39.4. The Hall–Kier alpha value is -6.44. The van der Waals surface area contributed by atoms with Crippen molar-refractivity contribution in [2.24, 2.45) is 0 Å². The van der Waals surface area contributed by atoms with Crippen LogP contribution in [0.3, 0.4) is 0 Å². The van der Waals surface area contributed by atoms with Gasteiger partial charge in [0.05, 0.1) is 49.4 Å². The first-order valence-electron chi connectivity index (χ1n) is 31.9. The molecule has 97 heavy (non-hydrogen) atoms. The van der Waals surface area contributed by atoms with Crippen molar-refractivity contribution in [1.29, 1.82) is 0 Å². The van der Waals surface area contributed by atoms with Crippen LogP contribution in [0.1, 0.15) is 71.2 Å². The quantitative estimate of drug-likeness (QED) is 0.0315. The average Bonchev–Trinajstić information content (AvgIpc) is 1.58. The summed E-state index contributed by atoms with van der Waals surface area (Å²) in [4.78, 5) is 0. The minimum atomic E-state index is -0.847. The fraction of sp³-hybridized carbons (Fsp3) is 0.101. The van der Waals surface area contributed by atoms with Gasteiger partial charge in [0.25, 0.3) is 0 Å². The van der Waals surface area contributed by atoms with E-state index in [0.29, 0.717) is 0 Å². The van der Waals surface area contributed by atoms with E-state index in [-0.39, 0.29) is 94.9 Å². The van der Waals surface area contributed by atoms with E-state index in [1.807, 2.05) is 60.7 Å². The summed E-state index contributed by atoms with van der Waals surface area (Å²) >= 11 is 0. The normalized spacial score (nSPS) is 11.2. The van der Waals surface area contributed by atoms with Gasteiger partial charge in [-0.1, -0.05) is 195 Å². The Balaban J connectivity index is 0.000000184. The van der Waals surface area contributed by atoms with Crippen molar-refractivity contribution in [2.45, 2.75) is 38.5 Å². The molecule has 8 heteroatoms. The predicted octanol–water partition coefficient (Wildman–Crippen LogP) is 17.2. The molecule has 2 aliphatic carbocycles. The number of benzene rings is 12. The van der Waals surface area contributed by atoms with Crippen molar-refractivity contribution in [1.82, 2.24) is 0 Å². The number of fused-ring (bicyclic) bond motifs is 6. The van der Waals surface area contributed by atoms with E-state index in [1.165, 1.54) is 118 Å². The SMILES string of the molecule is [Au+].[Au+].[Au+].[Au+].[C-]#Cc1ccc2c(c1)C(C)(C)c1cc(C#[C-])ccc1-2.[C-]#Cc1ccc2c(c1)Cc1cc(C#[C-])ccc1-2.c1ccc([PH+](CCCC[PH+](c2ccccc2)c2ccccc2)c2ccccc2)cc1.c1ccc([PH+](C[PH+](c2ccccc2)c2ccccc2)c2ccccc2)cc1. The van der Waals surface area contributed by atoms with Gasteiger partial charge in [0.1, 0.15) is 37.1 Å². The molecule has 0 saturated heterocycles. The van der Waals surface area contributed by atoms with Gasteiger partial charge in [-0.25, -0.2) is 0 Å². The Morgan fingerprint density at radius 1 is 0.278 bits per heavy atom. The second-order valence-electron chi connectivity index (χ2n) is 23.8. The third-order valence-corrected chi connectivity index (χ3v) is 30.3. The zero-order valence-electron chi connectivity index (χ0n) is 54.0. The van der Waals surface area contributed by atoms with E-state index in [4.69, 9.17) is 25.7 Å². The van der Waals surface area contributed by atoms with Gasteiger partial charge >= 0.3 is 89.5 Å². The topological polar surface area (TPSA) is 0 Å². The summed E-state index contributed by atoms with van der Waals surface area (Å²) in [5.41, 5.74) is 13.0. The van der Waals surface area contributed by atoms with Crippen LogP contribution in [0.25, 0.3) is 22.3 Å². The molecule has 0 nitrogen and oxygen atoms in total. The summed E-state index contributed by atoms with van der Waals surface area (Å²) in [7, 11) is -3.12. The van der Waals surface area contributed by atoms with Crippen molar-refractivity contribution < 1.29 is 89.5 Å². The molecule has 0 radical (unpaired) electrons. The van der Waals surface area contributed by atoms with Gasteiger partial charge in [-0.15, -0.1) is 70.8 Å². The van der Waals surface area contributed by atoms with Crippen LogP contribution in [-0.2, 0) is 101 Å². The fourth-order valence-corrected chi connectivity index (χ4v) is 25.9. The molecule has 0 N–H and O–H groups in total. The minimum Gasteiger partial charge on any atom is -0.366 e. The summed E-state index contributed by atoms with van der Waals surface area (Å²) in [6.45, 7) is 4.36.